The number of amides is 1. The number of halogens is 1. The third-order valence-corrected chi connectivity index (χ3v) is 6.56. The summed E-state index contributed by atoms with van der Waals surface area (Å²) in [6, 6.07) is 12.5. The van der Waals surface area contributed by atoms with Crippen molar-refractivity contribution in [2.75, 3.05) is 24.5 Å². The molecule has 2 N–H and O–H groups in total. The Labute approximate surface area is 195 Å². The number of aromatic nitrogens is 3. The zero-order valence-electron chi connectivity index (χ0n) is 18.0. The predicted molar refractivity (Wildman–Crippen MR) is 125 cm³/mol. The first-order valence-corrected chi connectivity index (χ1v) is 11.5. The quantitative estimate of drug-likeness (QED) is 0.528. The number of aryl methyl sites for hydroxylation is 1. The number of carbonyl (C=O) groups excluding carboxylic acids is 1. The van der Waals surface area contributed by atoms with Gasteiger partial charge in [0, 0.05) is 12.1 Å². The first-order valence-electron chi connectivity index (χ1n) is 10.3. The summed E-state index contributed by atoms with van der Waals surface area (Å²) in [5, 5.41) is 12.1. The van der Waals surface area contributed by atoms with Crippen LogP contribution in [0.3, 0.4) is 0 Å². The molecule has 0 spiro atoms. The summed E-state index contributed by atoms with van der Waals surface area (Å²) in [6.45, 7) is 4.52. The van der Waals surface area contributed by atoms with E-state index in [0.29, 0.717) is 34.6 Å². The van der Waals surface area contributed by atoms with Crippen LogP contribution in [-0.2, 0) is 11.2 Å². The molecule has 168 valence electrons. The van der Waals surface area contributed by atoms with Crippen molar-refractivity contribution in [2.24, 2.45) is 0 Å². The molecule has 8 nitrogen and oxygen atoms in total. The van der Waals surface area contributed by atoms with E-state index in [1.54, 1.807) is 13.2 Å². The van der Waals surface area contributed by atoms with E-state index < -0.39 is 5.25 Å². The monoisotopic (exact) mass is 473 g/mol. The highest BCUT2D eigenvalue weighted by Gasteiger charge is 2.38. The summed E-state index contributed by atoms with van der Waals surface area (Å²) < 4.78 is 12.6. The average molecular weight is 474 g/mol. The van der Waals surface area contributed by atoms with Gasteiger partial charge in [-0.05, 0) is 48.9 Å². The SMILES string of the molecule is CCOc1ccc(NC(=O)C2Sc3nnc(CC)n3NC2c2ccc(OC)c(Cl)c2)cc1. The number of benzene rings is 2. The Morgan fingerprint density at radius 3 is 2.66 bits per heavy atom. The molecule has 0 bridgehead atoms. The van der Waals surface area contributed by atoms with Gasteiger partial charge in [0.15, 0.2) is 5.82 Å². The number of carbonyl (C=O) groups is 1. The van der Waals surface area contributed by atoms with Crippen molar-refractivity contribution in [3.8, 4) is 11.5 Å². The number of ether oxygens (including phenoxy) is 2. The minimum Gasteiger partial charge on any atom is -0.495 e. The lowest BCUT2D eigenvalue weighted by molar-refractivity contribution is -0.116. The van der Waals surface area contributed by atoms with Crippen LogP contribution in [0, 0.1) is 0 Å². The van der Waals surface area contributed by atoms with Crippen LogP contribution >= 0.6 is 23.4 Å². The number of nitrogens with one attached hydrogen (secondary N) is 2. The van der Waals surface area contributed by atoms with Gasteiger partial charge in [0.2, 0.25) is 11.1 Å². The van der Waals surface area contributed by atoms with Crippen LogP contribution in [0.15, 0.2) is 47.6 Å². The van der Waals surface area contributed by atoms with Crippen LogP contribution in [0.25, 0.3) is 0 Å². The first kappa shape index (κ1) is 22.3. The molecule has 0 radical (unpaired) electrons. The number of anilines is 1. The van der Waals surface area contributed by atoms with Gasteiger partial charge < -0.3 is 20.2 Å². The fourth-order valence-electron chi connectivity index (χ4n) is 3.47. The molecule has 2 unspecified atom stereocenters. The molecule has 0 aliphatic carbocycles. The van der Waals surface area contributed by atoms with Crippen molar-refractivity contribution < 1.29 is 14.3 Å². The average Bonchev–Trinajstić information content (AvgIpc) is 3.21. The van der Waals surface area contributed by atoms with E-state index >= 15 is 0 Å². The van der Waals surface area contributed by atoms with Gasteiger partial charge in [-0.2, -0.15) is 0 Å². The topological polar surface area (TPSA) is 90.3 Å². The molecule has 2 aromatic carbocycles. The zero-order valence-corrected chi connectivity index (χ0v) is 19.5. The molecule has 32 heavy (non-hydrogen) atoms. The lowest BCUT2D eigenvalue weighted by Crippen LogP contribution is -2.41. The molecule has 0 fully saturated rings. The highest BCUT2D eigenvalue weighted by Crippen LogP contribution is 2.39. The highest BCUT2D eigenvalue weighted by atomic mass is 35.5. The van der Waals surface area contributed by atoms with Crippen LogP contribution in [0.2, 0.25) is 5.02 Å². The Hall–Kier alpha value is -2.91. The van der Waals surface area contributed by atoms with Gasteiger partial charge in [-0.3, -0.25) is 4.79 Å². The summed E-state index contributed by atoms with van der Waals surface area (Å²) >= 11 is 7.75. The number of fused-ring (bicyclic) bond motifs is 1. The number of hydrogen-bond donors (Lipinski definition) is 2. The van der Waals surface area contributed by atoms with E-state index in [4.69, 9.17) is 21.1 Å². The van der Waals surface area contributed by atoms with E-state index in [2.05, 4.69) is 20.9 Å². The third-order valence-electron chi connectivity index (χ3n) is 5.05. The predicted octanol–water partition coefficient (Wildman–Crippen LogP) is 4.30. The summed E-state index contributed by atoms with van der Waals surface area (Å²) in [7, 11) is 1.57. The molecule has 2 heterocycles. The summed E-state index contributed by atoms with van der Waals surface area (Å²) in [6.07, 6.45) is 0.708. The number of hydrogen-bond acceptors (Lipinski definition) is 7. The second-order valence-corrected chi connectivity index (χ2v) is 8.59. The van der Waals surface area contributed by atoms with Gasteiger partial charge in [-0.15, -0.1) is 10.2 Å². The second kappa shape index (κ2) is 9.70. The Morgan fingerprint density at radius 2 is 2.00 bits per heavy atom. The molecular weight excluding hydrogens is 450 g/mol. The van der Waals surface area contributed by atoms with Crippen LogP contribution in [0.5, 0.6) is 11.5 Å². The third kappa shape index (κ3) is 4.49. The van der Waals surface area contributed by atoms with Crippen LogP contribution in [-0.4, -0.2) is 39.7 Å². The maximum absolute atomic E-state index is 13.3. The molecule has 0 saturated heterocycles. The lowest BCUT2D eigenvalue weighted by Gasteiger charge is -2.33. The molecule has 2 atom stereocenters. The fraction of sp³-hybridized carbons (Fsp3) is 0.318. The molecule has 10 heteroatoms. The molecule has 4 rings (SSSR count). The van der Waals surface area contributed by atoms with E-state index in [-0.39, 0.29) is 11.9 Å². The Bertz CT molecular complexity index is 1110. The van der Waals surface area contributed by atoms with E-state index in [1.807, 2.05) is 54.9 Å². The molecular formula is C22H24ClN5O3S. The Morgan fingerprint density at radius 1 is 1.22 bits per heavy atom. The van der Waals surface area contributed by atoms with Crippen molar-refractivity contribution in [1.29, 1.82) is 0 Å². The Kier molecular flexibility index (Phi) is 6.76. The number of nitrogens with zero attached hydrogens (tertiary/aromatic N) is 3. The first-order chi connectivity index (χ1) is 15.5. The Balaban J connectivity index is 1.63. The molecule has 1 aromatic heterocycles. The molecule has 1 amide bonds. The number of methoxy groups -OCH3 is 1. The molecule has 1 aliphatic rings. The number of rotatable bonds is 7. The van der Waals surface area contributed by atoms with Crippen LogP contribution in [0.1, 0.15) is 31.3 Å². The molecule has 3 aromatic rings. The standard InChI is InChI=1S/C22H24ClN5O3S/c1-4-18-25-26-22-28(18)27-19(13-6-11-17(30-3)16(23)12-13)20(32-22)21(29)24-14-7-9-15(10-8-14)31-5-2/h6-12,19-20,27H,4-5H2,1-3H3,(H,24,29). The summed E-state index contributed by atoms with van der Waals surface area (Å²) in [5.41, 5.74) is 4.96. The number of thioether (sulfide) groups is 1. The van der Waals surface area contributed by atoms with Crippen molar-refractivity contribution >= 4 is 35.0 Å². The van der Waals surface area contributed by atoms with Crippen molar-refractivity contribution in [3.05, 3.63) is 58.9 Å². The minimum absolute atomic E-state index is 0.157. The largest absolute Gasteiger partial charge is 0.495 e. The summed E-state index contributed by atoms with van der Waals surface area (Å²) in [5.74, 6) is 1.97. The van der Waals surface area contributed by atoms with Crippen molar-refractivity contribution in [1.82, 2.24) is 14.9 Å². The highest BCUT2D eigenvalue weighted by molar-refractivity contribution is 8.00. The van der Waals surface area contributed by atoms with Gasteiger partial charge >= 0.3 is 0 Å². The maximum Gasteiger partial charge on any atom is 0.240 e. The van der Waals surface area contributed by atoms with E-state index in [1.165, 1.54) is 11.8 Å². The van der Waals surface area contributed by atoms with Gasteiger partial charge in [-0.1, -0.05) is 36.4 Å². The van der Waals surface area contributed by atoms with Gasteiger partial charge in [-0.25, -0.2) is 4.68 Å². The second-order valence-electron chi connectivity index (χ2n) is 7.07. The fourth-order valence-corrected chi connectivity index (χ4v) is 4.83. The smallest absolute Gasteiger partial charge is 0.240 e. The van der Waals surface area contributed by atoms with Gasteiger partial charge in [0.05, 0.1) is 24.8 Å². The lowest BCUT2D eigenvalue weighted by atomic mass is 10.0. The minimum atomic E-state index is -0.507. The maximum atomic E-state index is 13.3. The van der Waals surface area contributed by atoms with Crippen LogP contribution in [0.4, 0.5) is 5.69 Å². The van der Waals surface area contributed by atoms with Crippen molar-refractivity contribution in [2.45, 2.75) is 36.7 Å². The molecule has 0 saturated carbocycles. The molecule has 1 aliphatic heterocycles. The van der Waals surface area contributed by atoms with Gasteiger partial charge in [0.1, 0.15) is 16.7 Å². The van der Waals surface area contributed by atoms with Gasteiger partial charge in [0.25, 0.3) is 0 Å². The summed E-state index contributed by atoms with van der Waals surface area (Å²) in [4.78, 5) is 13.3. The van der Waals surface area contributed by atoms with E-state index in [0.717, 1.165) is 17.1 Å². The normalized spacial score (nSPS) is 17.2. The van der Waals surface area contributed by atoms with Crippen molar-refractivity contribution in [3.63, 3.8) is 0 Å². The zero-order chi connectivity index (χ0) is 22.7. The van der Waals surface area contributed by atoms with E-state index in [9.17, 15) is 4.79 Å². The van der Waals surface area contributed by atoms with Crippen LogP contribution < -0.4 is 20.2 Å².